The van der Waals surface area contributed by atoms with E-state index in [0.29, 0.717) is 6.42 Å². The first-order valence-corrected chi connectivity index (χ1v) is 10.4. The lowest BCUT2D eigenvalue weighted by Crippen LogP contribution is -2.35. The molecular weight excluding hydrogens is 354 g/mol. The lowest BCUT2D eigenvalue weighted by atomic mass is 10.0. The molecule has 1 atom stereocenters. The van der Waals surface area contributed by atoms with E-state index >= 15 is 0 Å². The van der Waals surface area contributed by atoms with Gasteiger partial charge in [-0.05, 0) is 12.1 Å². The Kier molecular flexibility index (Phi) is 5.30. The van der Waals surface area contributed by atoms with E-state index in [2.05, 4.69) is 36.4 Å². The van der Waals surface area contributed by atoms with Gasteiger partial charge < -0.3 is 4.90 Å². The number of hydrogen-bond acceptors (Lipinski definition) is 3. The SMILES string of the molecule is CCC(=O)N1CCSC1Cc1cnn(-c2ccccc2)c1-c1ccccc1. The van der Waals surface area contributed by atoms with Gasteiger partial charge in [-0.2, -0.15) is 5.10 Å². The van der Waals surface area contributed by atoms with Crippen LogP contribution in [0, 0.1) is 0 Å². The number of carbonyl (C=O) groups excluding carboxylic acids is 1. The van der Waals surface area contributed by atoms with Crippen LogP contribution in [0.4, 0.5) is 0 Å². The summed E-state index contributed by atoms with van der Waals surface area (Å²) in [7, 11) is 0. The minimum Gasteiger partial charge on any atom is -0.330 e. The highest BCUT2D eigenvalue weighted by Gasteiger charge is 2.30. The molecule has 5 heteroatoms. The third-order valence-corrected chi connectivity index (χ3v) is 6.12. The van der Waals surface area contributed by atoms with Crippen LogP contribution in [-0.2, 0) is 11.2 Å². The first-order chi connectivity index (χ1) is 13.3. The minimum absolute atomic E-state index is 0.188. The smallest absolute Gasteiger partial charge is 0.223 e. The zero-order chi connectivity index (χ0) is 18.6. The van der Waals surface area contributed by atoms with Crippen molar-refractivity contribution in [1.82, 2.24) is 14.7 Å². The molecule has 0 saturated carbocycles. The van der Waals surface area contributed by atoms with E-state index in [1.165, 1.54) is 5.56 Å². The summed E-state index contributed by atoms with van der Waals surface area (Å²) in [6, 6.07) is 20.6. The molecule has 1 aliphatic rings. The zero-order valence-electron chi connectivity index (χ0n) is 15.4. The quantitative estimate of drug-likeness (QED) is 0.662. The second-order valence-electron chi connectivity index (χ2n) is 6.60. The second-order valence-corrected chi connectivity index (χ2v) is 7.89. The van der Waals surface area contributed by atoms with E-state index in [4.69, 9.17) is 5.10 Å². The summed E-state index contributed by atoms with van der Waals surface area (Å²) in [5.41, 5.74) is 4.48. The van der Waals surface area contributed by atoms with Gasteiger partial charge in [-0.15, -0.1) is 11.8 Å². The molecule has 1 unspecified atom stereocenters. The molecule has 138 valence electrons. The van der Waals surface area contributed by atoms with Gasteiger partial charge in [0.25, 0.3) is 0 Å². The average Bonchev–Trinajstić information content (AvgIpc) is 3.36. The number of aromatic nitrogens is 2. The fraction of sp³-hybridized carbons (Fsp3) is 0.273. The maximum absolute atomic E-state index is 12.3. The number of hydrogen-bond donors (Lipinski definition) is 0. The molecule has 0 N–H and O–H groups in total. The molecule has 3 aromatic rings. The van der Waals surface area contributed by atoms with Crippen molar-refractivity contribution in [2.24, 2.45) is 0 Å². The van der Waals surface area contributed by atoms with Crippen LogP contribution in [0.15, 0.2) is 66.9 Å². The highest BCUT2D eigenvalue weighted by molar-refractivity contribution is 8.00. The molecule has 0 bridgehead atoms. The summed E-state index contributed by atoms with van der Waals surface area (Å²) in [6.07, 6.45) is 3.34. The fourth-order valence-corrected chi connectivity index (χ4v) is 4.84. The second kappa shape index (κ2) is 8.01. The van der Waals surface area contributed by atoms with Crippen LogP contribution in [0.1, 0.15) is 18.9 Å². The van der Waals surface area contributed by atoms with Crippen LogP contribution in [0.5, 0.6) is 0 Å². The Labute approximate surface area is 164 Å². The van der Waals surface area contributed by atoms with Gasteiger partial charge in [-0.3, -0.25) is 4.79 Å². The van der Waals surface area contributed by atoms with Gasteiger partial charge >= 0.3 is 0 Å². The molecule has 1 amide bonds. The molecule has 1 fully saturated rings. The van der Waals surface area contributed by atoms with Gasteiger partial charge in [-0.1, -0.05) is 55.5 Å². The predicted molar refractivity (Wildman–Crippen MR) is 111 cm³/mol. The van der Waals surface area contributed by atoms with Crippen molar-refractivity contribution in [2.45, 2.75) is 25.1 Å². The highest BCUT2D eigenvalue weighted by Crippen LogP contribution is 2.32. The lowest BCUT2D eigenvalue weighted by molar-refractivity contribution is -0.130. The van der Waals surface area contributed by atoms with Gasteiger partial charge in [0.05, 0.1) is 23.0 Å². The minimum atomic E-state index is 0.188. The van der Waals surface area contributed by atoms with E-state index in [1.54, 1.807) is 0 Å². The maximum atomic E-state index is 12.3. The Bertz CT molecular complexity index is 908. The van der Waals surface area contributed by atoms with Crippen molar-refractivity contribution in [3.8, 4) is 16.9 Å². The summed E-state index contributed by atoms with van der Waals surface area (Å²) in [5.74, 6) is 1.24. The molecule has 0 radical (unpaired) electrons. The molecule has 1 aliphatic heterocycles. The first kappa shape index (κ1) is 17.9. The summed E-state index contributed by atoms with van der Waals surface area (Å²) >= 11 is 1.87. The van der Waals surface area contributed by atoms with E-state index in [-0.39, 0.29) is 11.3 Å². The predicted octanol–water partition coefficient (Wildman–Crippen LogP) is 4.39. The number of benzene rings is 2. The summed E-state index contributed by atoms with van der Waals surface area (Å²) in [5, 5.41) is 4.89. The number of nitrogens with zero attached hydrogens (tertiary/aromatic N) is 3. The standard InChI is InChI=1S/C22H23N3OS/c1-2-20(26)24-13-14-27-21(24)15-18-16-23-25(19-11-7-4-8-12-19)22(18)17-9-5-3-6-10-17/h3-12,16,21H,2,13-15H2,1H3. The number of carbonyl (C=O) groups is 1. The van der Waals surface area contributed by atoms with Crippen molar-refractivity contribution in [1.29, 1.82) is 0 Å². The molecule has 0 aliphatic carbocycles. The molecule has 4 nitrogen and oxygen atoms in total. The average molecular weight is 378 g/mol. The summed E-state index contributed by atoms with van der Waals surface area (Å²) in [6.45, 7) is 2.78. The van der Waals surface area contributed by atoms with Gasteiger partial charge in [0.2, 0.25) is 5.91 Å². The molecule has 1 saturated heterocycles. The van der Waals surface area contributed by atoms with Gasteiger partial charge in [-0.25, -0.2) is 4.68 Å². The third-order valence-electron chi connectivity index (χ3n) is 4.90. The van der Waals surface area contributed by atoms with Crippen LogP contribution in [-0.4, -0.2) is 38.3 Å². The fourth-order valence-electron chi connectivity index (χ4n) is 3.57. The van der Waals surface area contributed by atoms with Crippen molar-refractivity contribution < 1.29 is 4.79 Å². The van der Waals surface area contributed by atoms with E-state index in [1.807, 2.05) is 58.7 Å². The van der Waals surface area contributed by atoms with Crippen LogP contribution >= 0.6 is 11.8 Å². The Hall–Kier alpha value is -2.53. The molecule has 2 heterocycles. The van der Waals surface area contributed by atoms with Crippen molar-refractivity contribution >= 4 is 17.7 Å². The van der Waals surface area contributed by atoms with Crippen LogP contribution in [0.25, 0.3) is 16.9 Å². The first-order valence-electron chi connectivity index (χ1n) is 9.36. The van der Waals surface area contributed by atoms with Crippen LogP contribution in [0.3, 0.4) is 0 Å². The van der Waals surface area contributed by atoms with Gasteiger partial charge in [0, 0.05) is 36.3 Å². The largest absolute Gasteiger partial charge is 0.330 e. The Morgan fingerprint density at radius 2 is 1.81 bits per heavy atom. The van der Waals surface area contributed by atoms with Gasteiger partial charge in [0.1, 0.15) is 0 Å². The Morgan fingerprint density at radius 1 is 1.11 bits per heavy atom. The molecule has 0 spiro atoms. The zero-order valence-corrected chi connectivity index (χ0v) is 16.2. The number of rotatable bonds is 5. The number of amides is 1. The Morgan fingerprint density at radius 3 is 2.52 bits per heavy atom. The Balaban J connectivity index is 1.73. The van der Waals surface area contributed by atoms with Crippen molar-refractivity contribution in [2.75, 3.05) is 12.3 Å². The molecule has 2 aromatic carbocycles. The lowest BCUT2D eigenvalue weighted by Gasteiger charge is -2.23. The van der Waals surface area contributed by atoms with Crippen molar-refractivity contribution in [3.63, 3.8) is 0 Å². The highest BCUT2D eigenvalue weighted by atomic mass is 32.2. The normalized spacial score (nSPS) is 16.6. The monoisotopic (exact) mass is 377 g/mol. The van der Waals surface area contributed by atoms with Gasteiger partial charge in [0.15, 0.2) is 0 Å². The van der Waals surface area contributed by atoms with Crippen LogP contribution < -0.4 is 0 Å². The topological polar surface area (TPSA) is 38.1 Å². The molecule has 27 heavy (non-hydrogen) atoms. The molecule has 4 rings (SSSR count). The molecular formula is C22H23N3OS. The number of thioether (sulfide) groups is 1. The summed E-state index contributed by atoms with van der Waals surface area (Å²) in [4.78, 5) is 14.3. The van der Waals surface area contributed by atoms with E-state index < -0.39 is 0 Å². The summed E-state index contributed by atoms with van der Waals surface area (Å²) < 4.78 is 2.01. The van der Waals surface area contributed by atoms with Crippen LogP contribution in [0.2, 0.25) is 0 Å². The third kappa shape index (κ3) is 3.65. The van der Waals surface area contributed by atoms with E-state index in [9.17, 15) is 4.79 Å². The maximum Gasteiger partial charge on any atom is 0.223 e. The van der Waals surface area contributed by atoms with E-state index in [0.717, 1.165) is 35.7 Å². The molecule has 1 aromatic heterocycles. The van der Waals surface area contributed by atoms with Crippen molar-refractivity contribution in [3.05, 3.63) is 72.4 Å². The number of para-hydroxylation sites is 1.